The Morgan fingerprint density at radius 1 is 1.47 bits per heavy atom. The molecule has 0 saturated heterocycles. The Bertz CT molecular complexity index is 528. The lowest BCUT2D eigenvalue weighted by Crippen LogP contribution is -2.31. The molecule has 0 fully saturated rings. The summed E-state index contributed by atoms with van der Waals surface area (Å²) in [4.78, 5) is 11.5. The topological polar surface area (TPSA) is 89.3 Å². The molecule has 0 saturated carbocycles. The van der Waals surface area contributed by atoms with E-state index in [9.17, 15) is 17.6 Å². The van der Waals surface area contributed by atoms with Crippen LogP contribution in [0.25, 0.3) is 0 Å². The molecule has 0 aliphatic heterocycles. The molecular formula is C10H13FN2O3S. The molecule has 1 aromatic carbocycles. The van der Waals surface area contributed by atoms with Crippen LogP contribution in [-0.2, 0) is 10.0 Å². The first kappa shape index (κ1) is 13.6. The highest BCUT2D eigenvalue weighted by Crippen LogP contribution is 2.09. The number of primary sulfonamides is 1. The first-order chi connectivity index (χ1) is 7.79. The van der Waals surface area contributed by atoms with Gasteiger partial charge in [-0.25, -0.2) is 17.9 Å². The van der Waals surface area contributed by atoms with Crippen LogP contribution >= 0.6 is 0 Å². The SMILES string of the molecule is Cc1ccc(C(=O)NCCS(N)(=O)=O)c(F)c1. The standard InChI is InChI=1S/C10H13FN2O3S/c1-7-2-3-8(9(11)6-7)10(14)13-4-5-17(12,15)16/h2-3,6H,4-5H2,1H3,(H,13,14)(H2,12,15,16). The molecule has 0 spiro atoms. The summed E-state index contributed by atoms with van der Waals surface area (Å²) < 4.78 is 34.6. The van der Waals surface area contributed by atoms with E-state index in [1.807, 2.05) is 0 Å². The first-order valence-electron chi connectivity index (χ1n) is 4.84. The van der Waals surface area contributed by atoms with Crippen LogP contribution in [0.4, 0.5) is 4.39 Å². The number of hydrogen-bond donors (Lipinski definition) is 2. The summed E-state index contributed by atoms with van der Waals surface area (Å²) in [5.74, 6) is -1.68. The molecular weight excluding hydrogens is 247 g/mol. The molecule has 1 amide bonds. The van der Waals surface area contributed by atoms with Crippen molar-refractivity contribution in [3.8, 4) is 0 Å². The van der Waals surface area contributed by atoms with Gasteiger partial charge >= 0.3 is 0 Å². The van der Waals surface area contributed by atoms with Crippen molar-refractivity contribution in [3.05, 3.63) is 35.1 Å². The Labute approximate surface area is 98.9 Å². The minimum Gasteiger partial charge on any atom is -0.351 e. The third-order valence-electron chi connectivity index (χ3n) is 2.04. The van der Waals surface area contributed by atoms with Crippen LogP contribution < -0.4 is 10.5 Å². The van der Waals surface area contributed by atoms with Crippen molar-refractivity contribution in [2.75, 3.05) is 12.3 Å². The number of hydrogen-bond acceptors (Lipinski definition) is 3. The maximum Gasteiger partial charge on any atom is 0.254 e. The van der Waals surface area contributed by atoms with Crippen LogP contribution in [0, 0.1) is 12.7 Å². The molecule has 17 heavy (non-hydrogen) atoms. The van der Waals surface area contributed by atoms with Gasteiger partial charge in [-0.15, -0.1) is 0 Å². The van der Waals surface area contributed by atoms with Crippen LogP contribution in [0.15, 0.2) is 18.2 Å². The van der Waals surface area contributed by atoms with E-state index < -0.39 is 21.7 Å². The number of rotatable bonds is 4. The quantitative estimate of drug-likeness (QED) is 0.807. The van der Waals surface area contributed by atoms with Crippen LogP contribution in [0.3, 0.4) is 0 Å². The Kier molecular flexibility index (Phi) is 4.19. The maximum absolute atomic E-state index is 13.4. The molecule has 0 bridgehead atoms. The predicted octanol–water partition coefficient (Wildman–Crippen LogP) is 0.152. The largest absolute Gasteiger partial charge is 0.351 e. The Morgan fingerprint density at radius 2 is 2.12 bits per heavy atom. The van der Waals surface area contributed by atoms with Gasteiger partial charge in [-0.3, -0.25) is 4.79 Å². The fraction of sp³-hybridized carbons (Fsp3) is 0.300. The van der Waals surface area contributed by atoms with E-state index in [0.29, 0.717) is 5.56 Å². The predicted molar refractivity (Wildman–Crippen MR) is 61.4 cm³/mol. The maximum atomic E-state index is 13.4. The van der Waals surface area contributed by atoms with Gasteiger partial charge in [-0.1, -0.05) is 6.07 Å². The van der Waals surface area contributed by atoms with Gasteiger partial charge in [0.2, 0.25) is 10.0 Å². The highest BCUT2D eigenvalue weighted by Gasteiger charge is 2.12. The van der Waals surface area contributed by atoms with Gasteiger partial charge in [0.05, 0.1) is 11.3 Å². The molecule has 5 nitrogen and oxygen atoms in total. The Hall–Kier alpha value is -1.47. The van der Waals surface area contributed by atoms with Crippen LogP contribution in [0.5, 0.6) is 0 Å². The van der Waals surface area contributed by atoms with Gasteiger partial charge in [0.1, 0.15) is 5.82 Å². The van der Waals surface area contributed by atoms with Crippen molar-refractivity contribution in [1.29, 1.82) is 0 Å². The number of carbonyl (C=O) groups excluding carboxylic acids is 1. The van der Waals surface area contributed by atoms with Crippen LogP contribution in [0.2, 0.25) is 0 Å². The normalized spacial score (nSPS) is 11.2. The summed E-state index contributed by atoms with van der Waals surface area (Å²) in [6.07, 6.45) is 0. The Morgan fingerprint density at radius 3 is 2.65 bits per heavy atom. The lowest BCUT2D eigenvalue weighted by molar-refractivity contribution is 0.0952. The highest BCUT2D eigenvalue weighted by molar-refractivity contribution is 7.89. The van der Waals surface area contributed by atoms with Gasteiger partial charge in [0.25, 0.3) is 5.91 Å². The molecule has 3 N–H and O–H groups in total. The van der Waals surface area contributed by atoms with Crippen molar-refractivity contribution >= 4 is 15.9 Å². The third-order valence-corrected chi connectivity index (χ3v) is 2.81. The van der Waals surface area contributed by atoms with Crippen molar-refractivity contribution in [2.45, 2.75) is 6.92 Å². The number of aryl methyl sites for hydroxylation is 1. The summed E-state index contributed by atoms with van der Waals surface area (Å²) in [5.41, 5.74) is 0.577. The van der Waals surface area contributed by atoms with Gasteiger partial charge in [0.15, 0.2) is 0 Å². The molecule has 0 heterocycles. The van der Waals surface area contributed by atoms with E-state index in [4.69, 9.17) is 5.14 Å². The molecule has 0 unspecified atom stereocenters. The molecule has 1 aromatic rings. The van der Waals surface area contributed by atoms with Crippen molar-refractivity contribution in [1.82, 2.24) is 5.32 Å². The van der Waals surface area contributed by atoms with Gasteiger partial charge < -0.3 is 5.32 Å². The minimum atomic E-state index is -3.63. The Balaban J connectivity index is 2.65. The van der Waals surface area contributed by atoms with Crippen LogP contribution in [0.1, 0.15) is 15.9 Å². The lowest BCUT2D eigenvalue weighted by Gasteiger charge is -2.05. The zero-order valence-corrected chi connectivity index (χ0v) is 10.1. The summed E-state index contributed by atoms with van der Waals surface area (Å²) in [6.45, 7) is 1.55. The zero-order chi connectivity index (χ0) is 13.1. The molecule has 0 radical (unpaired) electrons. The minimum absolute atomic E-state index is 0.120. The smallest absolute Gasteiger partial charge is 0.254 e. The van der Waals surface area contributed by atoms with Crippen molar-refractivity contribution in [2.24, 2.45) is 5.14 Å². The summed E-state index contributed by atoms with van der Waals surface area (Å²) in [5, 5.41) is 7.03. The second-order valence-electron chi connectivity index (χ2n) is 3.61. The monoisotopic (exact) mass is 260 g/mol. The van der Waals surface area contributed by atoms with Gasteiger partial charge in [0, 0.05) is 6.54 Å². The highest BCUT2D eigenvalue weighted by atomic mass is 32.2. The second-order valence-corrected chi connectivity index (χ2v) is 5.34. The number of nitrogens with one attached hydrogen (secondary N) is 1. The van der Waals surface area contributed by atoms with E-state index >= 15 is 0 Å². The molecule has 0 aliphatic rings. The van der Waals surface area contributed by atoms with Crippen molar-refractivity contribution in [3.63, 3.8) is 0 Å². The fourth-order valence-electron chi connectivity index (χ4n) is 1.21. The number of benzene rings is 1. The average Bonchev–Trinajstić information content (AvgIpc) is 2.15. The summed E-state index contributed by atoms with van der Waals surface area (Å²) >= 11 is 0. The number of amides is 1. The van der Waals surface area contributed by atoms with Gasteiger partial charge in [-0.05, 0) is 24.6 Å². The van der Waals surface area contributed by atoms with E-state index in [-0.39, 0.29) is 17.9 Å². The van der Waals surface area contributed by atoms with E-state index in [0.717, 1.165) is 0 Å². The van der Waals surface area contributed by atoms with Crippen LogP contribution in [-0.4, -0.2) is 26.6 Å². The molecule has 94 valence electrons. The number of carbonyl (C=O) groups is 1. The fourth-order valence-corrected chi connectivity index (χ4v) is 1.59. The van der Waals surface area contributed by atoms with Gasteiger partial charge in [-0.2, -0.15) is 0 Å². The zero-order valence-electron chi connectivity index (χ0n) is 9.23. The molecule has 0 atom stereocenters. The van der Waals surface area contributed by atoms with Crippen molar-refractivity contribution < 1.29 is 17.6 Å². The van der Waals surface area contributed by atoms with E-state index in [1.165, 1.54) is 12.1 Å². The number of sulfonamides is 1. The third kappa shape index (κ3) is 4.49. The molecule has 1 rings (SSSR count). The first-order valence-corrected chi connectivity index (χ1v) is 6.56. The second kappa shape index (κ2) is 5.24. The molecule has 0 aromatic heterocycles. The molecule has 7 heteroatoms. The number of halogens is 1. The van der Waals surface area contributed by atoms with E-state index in [1.54, 1.807) is 13.0 Å². The van der Waals surface area contributed by atoms with E-state index in [2.05, 4.69) is 5.32 Å². The summed E-state index contributed by atoms with van der Waals surface area (Å²) in [7, 11) is -3.63. The summed E-state index contributed by atoms with van der Waals surface area (Å²) in [6, 6.07) is 4.17. The number of nitrogens with two attached hydrogens (primary N) is 1. The molecule has 0 aliphatic carbocycles. The average molecular weight is 260 g/mol. The lowest BCUT2D eigenvalue weighted by atomic mass is 10.1.